The van der Waals surface area contributed by atoms with Gasteiger partial charge < -0.3 is 4.74 Å². The van der Waals surface area contributed by atoms with Crippen LogP contribution in [0.15, 0.2) is 29.2 Å². The summed E-state index contributed by atoms with van der Waals surface area (Å²) < 4.78 is 36.7. The van der Waals surface area contributed by atoms with Crippen LogP contribution in [-0.2, 0) is 23.5 Å². The molecule has 1 aromatic heterocycles. The van der Waals surface area contributed by atoms with Crippen molar-refractivity contribution in [2.75, 3.05) is 0 Å². The molecule has 1 aromatic carbocycles. The molecular formula is C23H33N3O3S. The number of sulfonamides is 1. The van der Waals surface area contributed by atoms with E-state index in [-0.39, 0.29) is 18.2 Å². The van der Waals surface area contributed by atoms with Gasteiger partial charge in [0.1, 0.15) is 16.7 Å². The van der Waals surface area contributed by atoms with Gasteiger partial charge in [0.15, 0.2) is 0 Å². The molecule has 2 bridgehead atoms. The zero-order valence-electron chi connectivity index (χ0n) is 18.5. The van der Waals surface area contributed by atoms with Crippen molar-refractivity contribution < 1.29 is 13.2 Å². The minimum atomic E-state index is -3.55. The third-order valence-corrected chi connectivity index (χ3v) is 8.90. The van der Waals surface area contributed by atoms with Crippen LogP contribution in [-0.4, -0.2) is 40.7 Å². The second kappa shape index (κ2) is 8.35. The van der Waals surface area contributed by atoms with E-state index in [1.165, 1.54) is 18.4 Å². The molecule has 0 amide bonds. The molecule has 164 valence electrons. The molecule has 2 aliphatic heterocycles. The third-order valence-electron chi connectivity index (χ3n) is 6.65. The molecule has 2 fully saturated rings. The summed E-state index contributed by atoms with van der Waals surface area (Å²) in [4.78, 5) is 0.379. The monoisotopic (exact) mass is 431 g/mol. The van der Waals surface area contributed by atoms with E-state index >= 15 is 0 Å². The topological polar surface area (TPSA) is 64.4 Å². The normalized spacial score (nSPS) is 24.3. The van der Waals surface area contributed by atoms with Crippen LogP contribution in [0.4, 0.5) is 0 Å². The lowest BCUT2D eigenvalue weighted by atomic mass is 10.0. The molecule has 0 aliphatic carbocycles. The zero-order chi connectivity index (χ0) is 21.5. The van der Waals surface area contributed by atoms with Gasteiger partial charge >= 0.3 is 0 Å². The summed E-state index contributed by atoms with van der Waals surface area (Å²) in [5.41, 5.74) is 2.62. The number of aryl methyl sites for hydroxylation is 3. The molecule has 7 heteroatoms. The van der Waals surface area contributed by atoms with E-state index in [1.807, 2.05) is 6.92 Å². The fourth-order valence-corrected chi connectivity index (χ4v) is 7.41. The lowest BCUT2D eigenvalue weighted by Crippen LogP contribution is -2.49. The first-order valence-electron chi connectivity index (χ1n) is 11.1. The Kier molecular flexibility index (Phi) is 5.95. The van der Waals surface area contributed by atoms with Crippen LogP contribution in [0.2, 0.25) is 0 Å². The number of rotatable bonds is 7. The Hall–Kier alpha value is -1.86. The number of unbranched alkanes of at least 4 members (excludes halogenated alkanes) is 1. The number of aromatic nitrogens is 2. The van der Waals surface area contributed by atoms with Gasteiger partial charge in [0.2, 0.25) is 10.0 Å². The molecule has 30 heavy (non-hydrogen) atoms. The summed E-state index contributed by atoms with van der Waals surface area (Å²) in [5, 5.41) is 4.32. The predicted octanol–water partition coefficient (Wildman–Crippen LogP) is 4.14. The van der Waals surface area contributed by atoms with Gasteiger partial charge in [-0.15, -0.1) is 0 Å². The summed E-state index contributed by atoms with van der Waals surface area (Å²) >= 11 is 0. The minimum Gasteiger partial charge on any atom is -0.490 e. The Labute approximate surface area is 180 Å². The highest BCUT2D eigenvalue weighted by atomic mass is 32.2. The van der Waals surface area contributed by atoms with Crippen LogP contribution in [0.25, 0.3) is 0 Å². The lowest BCUT2D eigenvalue weighted by Gasteiger charge is -2.37. The Bertz CT molecular complexity index is 983. The lowest BCUT2D eigenvalue weighted by molar-refractivity contribution is 0.0956. The SMILES string of the molecule is CCCCc1ccc(OC2CC3CCC(C2)N3S(=O)(=O)c2c(C)nn(C)c2C)cc1. The quantitative estimate of drug-likeness (QED) is 0.661. The first-order chi connectivity index (χ1) is 14.3. The molecule has 0 saturated carbocycles. The van der Waals surface area contributed by atoms with E-state index in [0.29, 0.717) is 16.3 Å². The van der Waals surface area contributed by atoms with Crippen LogP contribution >= 0.6 is 0 Å². The van der Waals surface area contributed by atoms with Gasteiger partial charge in [0.25, 0.3) is 0 Å². The van der Waals surface area contributed by atoms with Gasteiger partial charge in [-0.1, -0.05) is 25.5 Å². The molecule has 3 heterocycles. The Morgan fingerprint density at radius 1 is 1.10 bits per heavy atom. The molecule has 6 nitrogen and oxygen atoms in total. The molecule has 0 N–H and O–H groups in total. The summed E-state index contributed by atoms with van der Waals surface area (Å²) in [7, 11) is -1.76. The van der Waals surface area contributed by atoms with Crippen molar-refractivity contribution in [3.8, 4) is 5.75 Å². The molecule has 2 atom stereocenters. The second-order valence-electron chi connectivity index (χ2n) is 8.80. The Balaban J connectivity index is 1.47. The summed E-state index contributed by atoms with van der Waals surface area (Å²) in [6.07, 6.45) is 6.84. The molecule has 2 aromatic rings. The second-order valence-corrected chi connectivity index (χ2v) is 10.6. The van der Waals surface area contributed by atoms with Crippen molar-refractivity contribution >= 4 is 10.0 Å². The summed E-state index contributed by atoms with van der Waals surface area (Å²) in [6.45, 7) is 5.81. The Morgan fingerprint density at radius 3 is 2.27 bits per heavy atom. The van der Waals surface area contributed by atoms with Gasteiger partial charge in [0, 0.05) is 32.0 Å². The first-order valence-corrected chi connectivity index (χ1v) is 12.5. The highest BCUT2D eigenvalue weighted by Crippen LogP contribution is 2.41. The fourth-order valence-electron chi connectivity index (χ4n) is 5.11. The number of piperidine rings is 1. The molecule has 2 aliphatic rings. The maximum atomic E-state index is 13.5. The van der Waals surface area contributed by atoms with Crippen molar-refractivity contribution in [1.29, 1.82) is 0 Å². The van der Waals surface area contributed by atoms with Crippen LogP contribution in [0.3, 0.4) is 0 Å². The van der Waals surface area contributed by atoms with Crippen LogP contribution in [0.5, 0.6) is 5.75 Å². The van der Waals surface area contributed by atoms with E-state index in [0.717, 1.165) is 37.9 Å². The van der Waals surface area contributed by atoms with E-state index < -0.39 is 10.0 Å². The molecule has 0 spiro atoms. The third kappa shape index (κ3) is 3.89. The van der Waals surface area contributed by atoms with E-state index in [2.05, 4.69) is 36.3 Å². The van der Waals surface area contributed by atoms with Crippen molar-refractivity contribution in [2.24, 2.45) is 7.05 Å². The highest BCUT2D eigenvalue weighted by molar-refractivity contribution is 7.89. The standard InChI is InChI=1S/C23H33N3O3S/c1-5-6-7-18-8-12-21(13-9-18)29-22-14-19-10-11-20(15-22)26(19)30(27,28)23-16(2)24-25(4)17(23)3/h8-9,12-13,19-20,22H,5-7,10-11,14-15H2,1-4H3. The largest absolute Gasteiger partial charge is 0.490 e. The smallest absolute Gasteiger partial charge is 0.247 e. The number of ether oxygens (including phenoxy) is 1. The highest BCUT2D eigenvalue weighted by Gasteiger charge is 2.49. The first kappa shape index (κ1) is 21.4. The maximum absolute atomic E-state index is 13.5. The zero-order valence-corrected chi connectivity index (χ0v) is 19.3. The maximum Gasteiger partial charge on any atom is 0.247 e. The Morgan fingerprint density at radius 2 is 1.73 bits per heavy atom. The van der Waals surface area contributed by atoms with Gasteiger partial charge in [-0.2, -0.15) is 9.40 Å². The van der Waals surface area contributed by atoms with Crippen molar-refractivity contribution in [3.63, 3.8) is 0 Å². The number of benzene rings is 1. The van der Waals surface area contributed by atoms with Crippen molar-refractivity contribution in [1.82, 2.24) is 14.1 Å². The average Bonchev–Trinajstić information content (AvgIpc) is 3.14. The van der Waals surface area contributed by atoms with Crippen LogP contribution in [0.1, 0.15) is 62.4 Å². The van der Waals surface area contributed by atoms with Gasteiger partial charge in [-0.3, -0.25) is 4.68 Å². The van der Waals surface area contributed by atoms with Crippen molar-refractivity contribution in [2.45, 2.75) is 88.8 Å². The number of hydrogen-bond acceptors (Lipinski definition) is 4. The summed E-state index contributed by atoms with van der Waals surface area (Å²) in [6, 6.07) is 8.40. The van der Waals surface area contributed by atoms with Crippen LogP contribution < -0.4 is 4.74 Å². The van der Waals surface area contributed by atoms with Crippen LogP contribution in [0, 0.1) is 13.8 Å². The molecule has 2 unspecified atom stereocenters. The number of hydrogen-bond donors (Lipinski definition) is 0. The average molecular weight is 432 g/mol. The fraction of sp³-hybridized carbons (Fsp3) is 0.609. The molecule has 2 saturated heterocycles. The number of fused-ring (bicyclic) bond motifs is 2. The number of nitrogens with zero attached hydrogens (tertiary/aromatic N) is 3. The molecule has 0 radical (unpaired) electrons. The molecule has 4 rings (SSSR count). The summed E-state index contributed by atoms with van der Waals surface area (Å²) in [5.74, 6) is 0.884. The van der Waals surface area contributed by atoms with E-state index in [4.69, 9.17) is 4.74 Å². The van der Waals surface area contributed by atoms with Gasteiger partial charge in [0.05, 0.1) is 11.4 Å². The predicted molar refractivity (Wildman–Crippen MR) is 117 cm³/mol. The van der Waals surface area contributed by atoms with Gasteiger partial charge in [-0.05, 0) is 57.2 Å². The van der Waals surface area contributed by atoms with Gasteiger partial charge in [-0.25, -0.2) is 8.42 Å². The molecular weight excluding hydrogens is 398 g/mol. The van der Waals surface area contributed by atoms with E-state index in [1.54, 1.807) is 23.0 Å². The van der Waals surface area contributed by atoms with E-state index in [9.17, 15) is 8.42 Å². The van der Waals surface area contributed by atoms with Crippen molar-refractivity contribution in [3.05, 3.63) is 41.2 Å². The minimum absolute atomic E-state index is 0.00147.